The summed E-state index contributed by atoms with van der Waals surface area (Å²) in [5.41, 5.74) is 0. The number of hydrogen-bond acceptors (Lipinski definition) is 8. The maximum atomic E-state index is 12.9. The van der Waals surface area contributed by atoms with Gasteiger partial charge in [-0.2, -0.15) is 0 Å². The molecular weight excluding hydrogens is 1110 g/mol. The first-order valence-corrected chi connectivity index (χ1v) is 38.2. The van der Waals surface area contributed by atoms with Gasteiger partial charge in [0.2, 0.25) is 0 Å². The summed E-state index contributed by atoms with van der Waals surface area (Å²) in [4.78, 5) is 37.5. The van der Waals surface area contributed by atoms with Gasteiger partial charge in [-0.3, -0.25) is 9.59 Å². The van der Waals surface area contributed by atoms with Crippen molar-refractivity contribution in [1.29, 1.82) is 0 Å². The molecule has 9 nitrogen and oxygen atoms in total. The highest BCUT2D eigenvalue weighted by molar-refractivity contribution is 5.70. The van der Waals surface area contributed by atoms with Crippen LogP contribution in [0.1, 0.15) is 354 Å². The Hall–Kier alpha value is -3.53. The number of carboxylic acids is 1. The number of carboxylic acid groups (broad SMARTS) is 1. The summed E-state index contributed by atoms with van der Waals surface area (Å²) in [6, 6.07) is 0. The fourth-order valence-electron chi connectivity index (χ4n) is 11.1. The summed E-state index contributed by atoms with van der Waals surface area (Å²) in [6.45, 7) is 4.67. The van der Waals surface area contributed by atoms with Crippen LogP contribution in [0.3, 0.4) is 0 Å². The Morgan fingerprint density at radius 3 is 0.944 bits per heavy atom. The third-order valence-corrected chi connectivity index (χ3v) is 16.9. The number of aliphatic carboxylic acids is 1. The Morgan fingerprint density at radius 2 is 0.633 bits per heavy atom. The minimum atomic E-state index is -1.63. The molecule has 0 heterocycles. The lowest BCUT2D eigenvalue weighted by Crippen LogP contribution is -2.44. The number of allylic oxidation sites excluding steroid dienone is 14. The number of quaternary nitrogens is 1. The summed E-state index contributed by atoms with van der Waals surface area (Å²) in [7, 11) is 5.93. The molecule has 90 heavy (non-hydrogen) atoms. The molecule has 522 valence electrons. The van der Waals surface area contributed by atoms with E-state index in [-0.39, 0.29) is 32.2 Å². The molecule has 0 fully saturated rings. The van der Waals surface area contributed by atoms with Crippen molar-refractivity contribution in [3.05, 3.63) is 85.1 Å². The number of hydrogen-bond donors (Lipinski definition) is 0. The highest BCUT2D eigenvalue weighted by Gasteiger charge is 2.22. The second kappa shape index (κ2) is 71.3. The van der Waals surface area contributed by atoms with Crippen LogP contribution in [0.4, 0.5) is 0 Å². The molecule has 0 aromatic carbocycles. The molecule has 2 atom stereocenters. The first kappa shape index (κ1) is 86.5. The molecule has 9 heteroatoms. The zero-order valence-corrected chi connectivity index (χ0v) is 59.8. The second-order valence-corrected chi connectivity index (χ2v) is 26.9. The van der Waals surface area contributed by atoms with E-state index in [9.17, 15) is 19.5 Å². The van der Waals surface area contributed by atoms with Crippen LogP contribution >= 0.6 is 0 Å². The fraction of sp³-hybridized carbons (Fsp3) is 0.790. The van der Waals surface area contributed by atoms with Gasteiger partial charge >= 0.3 is 11.9 Å². The van der Waals surface area contributed by atoms with E-state index < -0.39 is 24.3 Å². The lowest BCUT2D eigenvalue weighted by Gasteiger charge is -2.26. The number of ether oxygens (including phenoxy) is 4. The Labute approximate surface area is 557 Å². The van der Waals surface area contributed by atoms with Crippen LogP contribution in [0.5, 0.6) is 0 Å². The number of nitrogens with zero attached hydrogens (tertiary/aromatic N) is 1. The summed E-state index contributed by atoms with van der Waals surface area (Å²) < 4.78 is 22.8. The molecule has 0 aromatic heterocycles. The molecule has 2 unspecified atom stereocenters. The van der Waals surface area contributed by atoms with Crippen molar-refractivity contribution in [3.63, 3.8) is 0 Å². The topological polar surface area (TPSA) is 111 Å². The Bertz CT molecular complexity index is 1760. The highest BCUT2D eigenvalue weighted by atomic mass is 16.7. The monoisotopic (exact) mass is 1260 g/mol. The van der Waals surface area contributed by atoms with Crippen molar-refractivity contribution in [2.24, 2.45) is 0 Å². The van der Waals surface area contributed by atoms with Gasteiger partial charge in [0.05, 0.1) is 40.3 Å². The summed E-state index contributed by atoms with van der Waals surface area (Å²) in [5, 5.41) is 11.8. The molecule has 0 saturated heterocycles. The van der Waals surface area contributed by atoms with Gasteiger partial charge in [0.1, 0.15) is 13.2 Å². The highest BCUT2D eigenvalue weighted by Crippen LogP contribution is 2.19. The van der Waals surface area contributed by atoms with Crippen molar-refractivity contribution < 1.29 is 42.9 Å². The Kier molecular flexibility index (Phi) is 68.5. The average molecular weight is 1260 g/mol. The van der Waals surface area contributed by atoms with Crippen LogP contribution in [0.2, 0.25) is 0 Å². The van der Waals surface area contributed by atoms with Gasteiger partial charge in [0, 0.05) is 12.8 Å². The van der Waals surface area contributed by atoms with Gasteiger partial charge in [-0.25, -0.2) is 0 Å². The van der Waals surface area contributed by atoms with Gasteiger partial charge in [0.15, 0.2) is 12.4 Å². The molecule has 0 saturated carbocycles. The van der Waals surface area contributed by atoms with E-state index in [1.54, 1.807) is 0 Å². The summed E-state index contributed by atoms with van der Waals surface area (Å²) in [6.07, 6.45) is 94.1. The third kappa shape index (κ3) is 71.9. The van der Waals surface area contributed by atoms with Crippen LogP contribution in [0, 0.1) is 0 Å². The van der Waals surface area contributed by atoms with Crippen molar-refractivity contribution in [1.82, 2.24) is 0 Å². The second-order valence-electron chi connectivity index (χ2n) is 26.9. The smallest absolute Gasteiger partial charge is 0.306 e. The first-order valence-electron chi connectivity index (χ1n) is 38.2. The largest absolute Gasteiger partial charge is 0.545 e. The van der Waals surface area contributed by atoms with Gasteiger partial charge in [-0.05, 0) is 70.6 Å². The van der Waals surface area contributed by atoms with Crippen LogP contribution in [0.25, 0.3) is 0 Å². The van der Waals surface area contributed by atoms with E-state index in [2.05, 4.69) is 98.9 Å². The van der Waals surface area contributed by atoms with Gasteiger partial charge < -0.3 is 33.3 Å². The molecule has 0 rings (SSSR count). The number of carbonyl (C=O) groups is 3. The number of unbranched alkanes of at least 4 members (excludes halogenated alkanes) is 42. The molecule has 0 bridgehead atoms. The molecule has 0 radical (unpaired) electrons. The van der Waals surface area contributed by atoms with Gasteiger partial charge in [0.25, 0.3) is 0 Å². The van der Waals surface area contributed by atoms with E-state index in [0.717, 1.165) is 89.9 Å². The number of rotatable bonds is 71. The van der Waals surface area contributed by atoms with E-state index in [1.807, 2.05) is 21.1 Å². The predicted molar refractivity (Wildman–Crippen MR) is 384 cm³/mol. The minimum Gasteiger partial charge on any atom is -0.545 e. The third-order valence-electron chi connectivity index (χ3n) is 16.9. The Balaban J connectivity index is 4.05. The van der Waals surface area contributed by atoms with E-state index >= 15 is 0 Å². The zero-order chi connectivity index (χ0) is 65.4. The number of likely N-dealkylation sites (N-methyl/N-ethyl adjacent to an activating group) is 1. The molecule has 0 amide bonds. The van der Waals surface area contributed by atoms with Crippen LogP contribution in [-0.2, 0) is 33.3 Å². The van der Waals surface area contributed by atoms with Crippen molar-refractivity contribution in [2.75, 3.05) is 47.5 Å². The Morgan fingerprint density at radius 1 is 0.344 bits per heavy atom. The lowest BCUT2D eigenvalue weighted by atomic mass is 10.0. The number of esters is 2. The predicted octanol–water partition coefficient (Wildman–Crippen LogP) is 22.9. The molecule has 0 aliphatic rings. The lowest BCUT2D eigenvalue weighted by molar-refractivity contribution is -0.870. The summed E-state index contributed by atoms with van der Waals surface area (Å²) in [5.74, 6) is -2.29. The molecule has 0 N–H and O–H groups in total. The molecule has 0 aromatic rings. The van der Waals surface area contributed by atoms with Crippen LogP contribution in [-0.4, -0.2) is 82.3 Å². The minimum absolute atomic E-state index is 0.143. The molecule has 0 aliphatic carbocycles. The van der Waals surface area contributed by atoms with Crippen molar-refractivity contribution in [2.45, 2.75) is 367 Å². The van der Waals surface area contributed by atoms with Gasteiger partial charge in [-0.15, -0.1) is 0 Å². The SMILES string of the molecule is CC/C=C\C/C=C\C/C=C\C/C=C\C/C=C\C/C=C\C/C=C\CCCCCCCCCC(=O)OC(COC(=O)CCCCCCCCCCCCCCCCCCCCCCCCCCCCCCCCCCCCCC)COC(OCC[N+](C)(C)C)C(=O)[O-]. The molecular formula is C81H145NO8. The van der Waals surface area contributed by atoms with E-state index in [0.29, 0.717) is 23.9 Å². The van der Waals surface area contributed by atoms with Crippen LogP contribution in [0.15, 0.2) is 85.1 Å². The van der Waals surface area contributed by atoms with E-state index in [1.165, 1.54) is 231 Å². The van der Waals surface area contributed by atoms with Crippen LogP contribution < -0.4 is 5.11 Å². The normalized spacial score (nSPS) is 13.1. The zero-order valence-electron chi connectivity index (χ0n) is 59.8. The fourth-order valence-corrected chi connectivity index (χ4v) is 11.1. The first-order chi connectivity index (χ1) is 44.1. The van der Waals surface area contributed by atoms with E-state index in [4.69, 9.17) is 18.9 Å². The molecule has 0 spiro atoms. The number of carbonyl (C=O) groups excluding carboxylic acids is 3. The maximum Gasteiger partial charge on any atom is 0.306 e. The maximum absolute atomic E-state index is 12.9. The average Bonchev–Trinajstić information content (AvgIpc) is 3.74. The van der Waals surface area contributed by atoms with Gasteiger partial charge in [-0.1, -0.05) is 356 Å². The molecule has 0 aliphatic heterocycles. The van der Waals surface area contributed by atoms with Crippen molar-refractivity contribution in [3.8, 4) is 0 Å². The standard InChI is InChI=1S/C81H145NO8/c1-6-8-10-12-14-16-18-20-22-24-26-28-30-32-34-36-37-38-39-40-41-42-44-45-47-49-51-53-55-57-59-61-63-65-67-69-71-78(83)88-75-77(76-89-81(80(85)86)87-74-73-82(3,4)5)90-79(84)72-70-68-66-64-62-60-58-56-54-52-50-48-46-43-35-33-31-29-27-25-23-21-19-17-15-13-11-9-7-2/h9,11,15,17,21,23,27,29,33,35,46,48,52,54,77,81H,6-8,10,12-14,16,18-20,22,24-26,28,30-32,34,36-45,47,49-51,53,55-76H2,1-5H3/b11-9-,17-15-,23-21-,29-27-,35-33-,48-46-,54-52-. The quantitative estimate of drug-likeness (QED) is 0.0195. The van der Waals surface area contributed by atoms with Crippen molar-refractivity contribution >= 4 is 17.9 Å². The summed E-state index contributed by atoms with van der Waals surface area (Å²) >= 11 is 0.